The van der Waals surface area contributed by atoms with E-state index in [1.54, 1.807) is 15.7 Å². The number of nitrogens with zero attached hydrogens (tertiary/aromatic N) is 6. The second kappa shape index (κ2) is 4.89. The van der Waals surface area contributed by atoms with E-state index in [9.17, 15) is 0 Å². The van der Waals surface area contributed by atoms with Gasteiger partial charge in [-0.05, 0) is 34.7 Å². The summed E-state index contributed by atoms with van der Waals surface area (Å²) in [7, 11) is 1.91. The van der Waals surface area contributed by atoms with Crippen LogP contribution in [0.5, 0.6) is 0 Å². The Bertz CT molecular complexity index is 639. The van der Waals surface area contributed by atoms with Crippen LogP contribution in [0.1, 0.15) is 5.56 Å². The average molecular weight is 255 g/mol. The first-order valence-electron chi connectivity index (χ1n) is 5.86. The minimum absolute atomic E-state index is 0.748. The van der Waals surface area contributed by atoms with Gasteiger partial charge in [0.25, 0.3) is 0 Å². The van der Waals surface area contributed by atoms with Crippen molar-refractivity contribution in [1.29, 1.82) is 0 Å². The molecular formula is C12H13N7. The van der Waals surface area contributed by atoms with Crippen LogP contribution in [0.25, 0.3) is 5.69 Å². The van der Waals surface area contributed by atoms with Gasteiger partial charge in [-0.15, -0.1) is 5.10 Å². The molecule has 0 unspecified atom stereocenters. The van der Waals surface area contributed by atoms with Gasteiger partial charge in [-0.1, -0.05) is 0 Å². The van der Waals surface area contributed by atoms with Crippen LogP contribution >= 0.6 is 0 Å². The maximum atomic E-state index is 4.13. The van der Waals surface area contributed by atoms with Crippen molar-refractivity contribution in [1.82, 2.24) is 30.0 Å². The first-order valence-corrected chi connectivity index (χ1v) is 5.86. The predicted molar refractivity (Wildman–Crippen MR) is 69.7 cm³/mol. The highest BCUT2D eigenvalue weighted by Gasteiger charge is 1.99. The van der Waals surface area contributed by atoms with Crippen LogP contribution in [0.4, 0.5) is 5.69 Å². The minimum atomic E-state index is 0.748. The molecular weight excluding hydrogens is 242 g/mol. The van der Waals surface area contributed by atoms with Crippen LogP contribution < -0.4 is 5.32 Å². The van der Waals surface area contributed by atoms with E-state index in [0.717, 1.165) is 23.5 Å². The summed E-state index contributed by atoms with van der Waals surface area (Å²) in [6.45, 7) is 0.748. The normalized spacial score (nSPS) is 10.6. The third kappa shape index (κ3) is 2.59. The lowest BCUT2D eigenvalue weighted by atomic mass is 10.2. The molecule has 0 aliphatic rings. The number of tetrazole rings is 1. The average Bonchev–Trinajstić information content (AvgIpc) is 3.08. The first kappa shape index (κ1) is 11.4. The SMILES string of the molecule is Cn1cc(CNc2ccc(-n3cnnn3)cc2)cn1. The first-order chi connectivity index (χ1) is 9.31. The lowest BCUT2D eigenvalue weighted by molar-refractivity contribution is 0.767. The summed E-state index contributed by atoms with van der Waals surface area (Å²) in [6.07, 6.45) is 5.41. The molecule has 0 aliphatic heterocycles. The van der Waals surface area contributed by atoms with Gasteiger partial charge in [0, 0.05) is 31.0 Å². The van der Waals surface area contributed by atoms with Crippen molar-refractivity contribution in [3.63, 3.8) is 0 Å². The summed E-state index contributed by atoms with van der Waals surface area (Å²) in [5.41, 5.74) is 3.12. The molecule has 0 saturated heterocycles. The highest BCUT2D eigenvalue weighted by molar-refractivity contribution is 5.48. The number of anilines is 1. The molecule has 0 fully saturated rings. The summed E-state index contributed by atoms with van der Waals surface area (Å²) < 4.78 is 3.41. The molecule has 1 aromatic carbocycles. The van der Waals surface area contributed by atoms with E-state index in [1.165, 1.54) is 0 Å². The summed E-state index contributed by atoms with van der Waals surface area (Å²) >= 11 is 0. The van der Waals surface area contributed by atoms with Gasteiger partial charge in [0.2, 0.25) is 0 Å². The highest BCUT2D eigenvalue weighted by Crippen LogP contribution is 2.13. The molecule has 0 atom stereocenters. The van der Waals surface area contributed by atoms with Crippen molar-refractivity contribution in [2.75, 3.05) is 5.32 Å². The van der Waals surface area contributed by atoms with Crippen LogP contribution in [0.15, 0.2) is 43.0 Å². The Hall–Kier alpha value is -2.70. The predicted octanol–water partition coefficient (Wildman–Crippen LogP) is 1.01. The molecule has 96 valence electrons. The lowest BCUT2D eigenvalue weighted by Crippen LogP contribution is -1.99. The molecule has 2 aromatic heterocycles. The van der Waals surface area contributed by atoms with Crippen molar-refractivity contribution < 1.29 is 0 Å². The highest BCUT2D eigenvalue weighted by atomic mass is 15.5. The molecule has 3 aromatic rings. The number of nitrogens with one attached hydrogen (secondary N) is 1. The molecule has 0 radical (unpaired) electrons. The van der Waals surface area contributed by atoms with E-state index in [1.807, 2.05) is 43.7 Å². The summed E-state index contributed by atoms with van der Waals surface area (Å²) in [4.78, 5) is 0. The topological polar surface area (TPSA) is 73.5 Å². The molecule has 0 bridgehead atoms. The Labute approximate surface area is 109 Å². The molecule has 7 nitrogen and oxygen atoms in total. The summed E-state index contributed by atoms with van der Waals surface area (Å²) in [6, 6.07) is 7.91. The lowest BCUT2D eigenvalue weighted by Gasteiger charge is -2.05. The van der Waals surface area contributed by atoms with Gasteiger partial charge in [0.15, 0.2) is 0 Å². The largest absolute Gasteiger partial charge is 0.381 e. The minimum Gasteiger partial charge on any atom is -0.381 e. The van der Waals surface area contributed by atoms with E-state index in [4.69, 9.17) is 0 Å². The molecule has 3 rings (SSSR count). The molecule has 0 aliphatic carbocycles. The fourth-order valence-electron chi connectivity index (χ4n) is 1.78. The fraction of sp³-hybridized carbons (Fsp3) is 0.167. The number of benzene rings is 1. The van der Waals surface area contributed by atoms with Gasteiger partial charge in [0.05, 0.1) is 11.9 Å². The Balaban J connectivity index is 1.66. The Morgan fingerprint density at radius 1 is 1.21 bits per heavy atom. The number of aromatic nitrogens is 6. The Morgan fingerprint density at radius 2 is 2.05 bits per heavy atom. The van der Waals surface area contributed by atoms with Crippen molar-refractivity contribution in [2.45, 2.75) is 6.54 Å². The van der Waals surface area contributed by atoms with Gasteiger partial charge < -0.3 is 5.32 Å². The van der Waals surface area contributed by atoms with E-state index in [-0.39, 0.29) is 0 Å². The van der Waals surface area contributed by atoms with Crippen molar-refractivity contribution in [3.8, 4) is 5.69 Å². The van der Waals surface area contributed by atoms with E-state index in [2.05, 4.69) is 25.9 Å². The van der Waals surface area contributed by atoms with Crippen LogP contribution in [-0.4, -0.2) is 30.0 Å². The third-order valence-corrected chi connectivity index (χ3v) is 2.74. The molecule has 19 heavy (non-hydrogen) atoms. The molecule has 1 N–H and O–H groups in total. The van der Waals surface area contributed by atoms with Crippen LogP contribution in [0.3, 0.4) is 0 Å². The summed E-state index contributed by atoms with van der Waals surface area (Å²) in [5.74, 6) is 0. The number of aryl methyl sites for hydroxylation is 1. The summed E-state index contributed by atoms with van der Waals surface area (Å²) in [5, 5.41) is 18.5. The Kier molecular flexibility index (Phi) is 2.93. The number of hydrogen-bond donors (Lipinski definition) is 1. The molecule has 7 heteroatoms. The maximum absolute atomic E-state index is 4.13. The monoisotopic (exact) mass is 255 g/mol. The number of hydrogen-bond acceptors (Lipinski definition) is 5. The van der Waals surface area contributed by atoms with Crippen LogP contribution in [0, 0.1) is 0 Å². The van der Waals surface area contributed by atoms with Gasteiger partial charge in [-0.2, -0.15) is 5.10 Å². The zero-order valence-corrected chi connectivity index (χ0v) is 10.4. The zero-order chi connectivity index (χ0) is 13.1. The van der Waals surface area contributed by atoms with Gasteiger partial charge >= 0.3 is 0 Å². The van der Waals surface area contributed by atoms with Gasteiger partial charge in [-0.3, -0.25) is 4.68 Å². The van der Waals surface area contributed by atoms with E-state index >= 15 is 0 Å². The molecule has 0 amide bonds. The quantitative estimate of drug-likeness (QED) is 0.753. The zero-order valence-electron chi connectivity index (χ0n) is 10.4. The number of rotatable bonds is 4. The standard InChI is InChI=1S/C12H13N7/c1-18-8-10(7-15-18)6-13-11-2-4-12(5-3-11)19-9-14-16-17-19/h2-5,7-9,13H,6H2,1H3. The second-order valence-corrected chi connectivity index (χ2v) is 4.18. The fourth-order valence-corrected chi connectivity index (χ4v) is 1.78. The van der Waals surface area contributed by atoms with Crippen molar-refractivity contribution in [2.24, 2.45) is 7.05 Å². The maximum Gasteiger partial charge on any atom is 0.143 e. The van der Waals surface area contributed by atoms with Crippen molar-refractivity contribution in [3.05, 3.63) is 48.5 Å². The van der Waals surface area contributed by atoms with Crippen LogP contribution in [0.2, 0.25) is 0 Å². The third-order valence-electron chi connectivity index (χ3n) is 2.74. The molecule has 0 spiro atoms. The molecule has 2 heterocycles. The smallest absolute Gasteiger partial charge is 0.143 e. The van der Waals surface area contributed by atoms with Crippen LogP contribution in [-0.2, 0) is 13.6 Å². The molecule has 0 saturated carbocycles. The van der Waals surface area contributed by atoms with E-state index < -0.39 is 0 Å². The second-order valence-electron chi connectivity index (χ2n) is 4.18. The van der Waals surface area contributed by atoms with Gasteiger partial charge in [-0.25, -0.2) is 4.68 Å². The van der Waals surface area contributed by atoms with E-state index in [0.29, 0.717) is 0 Å². The van der Waals surface area contributed by atoms with Gasteiger partial charge in [0.1, 0.15) is 6.33 Å². The Morgan fingerprint density at radius 3 is 2.68 bits per heavy atom. The van der Waals surface area contributed by atoms with Crippen molar-refractivity contribution >= 4 is 5.69 Å².